The predicted molar refractivity (Wildman–Crippen MR) is 307 cm³/mol. The normalized spacial score (nSPS) is 19.8. The van der Waals surface area contributed by atoms with Crippen LogP contribution in [0.3, 0.4) is 0 Å². The molecule has 3 unspecified atom stereocenters. The summed E-state index contributed by atoms with van der Waals surface area (Å²) in [5.74, 6) is -1.82. The van der Waals surface area contributed by atoms with E-state index >= 15 is 8.78 Å². The zero-order valence-corrected chi connectivity index (χ0v) is 47.6. The number of carbonyl (C=O) groups excluding carboxylic acids is 4. The van der Waals surface area contributed by atoms with E-state index in [1.807, 2.05) is 69.3 Å². The van der Waals surface area contributed by atoms with Gasteiger partial charge in [-0.15, -0.1) is 11.3 Å². The molecule has 4 saturated heterocycles. The van der Waals surface area contributed by atoms with E-state index < -0.39 is 41.1 Å². The number of ether oxygens (including phenoxy) is 1. The minimum absolute atomic E-state index is 0.0173. The Balaban J connectivity index is 0.685. The van der Waals surface area contributed by atoms with Crippen molar-refractivity contribution in [3.8, 4) is 33.5 Å². The molecule has 0 radical (unpaired) electrons. The Morgan fingerprint density at radius 1 is 0.926 bits per heavy atom. The Labute approximate surface area is 474 Å². The molecule has 0 spiro atoms. The van der Waals surface area contributed by atoms with E-state index in [1.54, 1.807) is 23.6 Å². The van der Waals surface area contributed by atoms with Gasteiger partial charge in [-0.3, -0.25) is 29.1 Å². The lowest BCUT2D eigenvalue weighted by Gasteiger charge is -2.35. The number of halogens is 2. The summed E-state index contributed by atoms with van der Waals surface area (Å²) < 4.78 is 38.4. The SMILES string of the molecule is CCc1c(F)ccc2cc(O)cc(-c3ncc4c(N5CC6CCC(C5)N6)nc(OCCCN5CCN(C(=O)CCCCC(=O)NC(C(=O)N6C[C@H](O)C[C@H]6C(=O)NCc6ccc(-c7scnc7C)cc6)C(C)(C)C)CC5)nc4c3F)c12. The summed E-state index contributed by atoms with van der Waals surface area (Å²) in [6.45, 7) is 14.3. The zero-order chi connectivity index (χ0) is 57.1. The topological polar surface area (TPSA) is 219 Å². The number of aliphatic hydroxyl groups excluding tert-OH is 1. The van der Waals surface area contributed by atoms with Gasteiger partial charge in [-0.25, -0.2) is 13.8 Å². The maximum atomic E-state index is 17.1. The summed E-state index contributed by atoms with van der Waals surface area (Å²) in [7, 11) is 0. The van der Waals surface area contributed by atoms with Crippen LogP contribution in [0.2, 0.25) is 0 Å². The van der Waals surface area contributed by atoms with Gasteiger partial charge in [-0.2, -0.15) is 9.97 Å². The molecule has 5 atom stereocenters. The van der Waals surface area contributed by atoms with E-state index in [2.05, 4.69) is 40.7 Å². The number of hydrogen-bond donors (Lipinski definition) is 5. The molecule has 4 aliphatic heterocycles. The van der Waals surface area contributed by atoms with Gasteiger partial charge in [0.25, 0.3) is 0 Å². The number of nitrogens with zero attached hydrogens (tertiary/aromatic N) is 8. The second-order valence-electron chi connectivity index (χ2n) is 23.1. The number of fused-ring (bicyclic) bond motifs is 4. The highest BCUT2D eigenvalue weighted by Crippen LogP contribution is 2.40. The van der Waals surface area contributed by atoms with Gasteiger partial charge in [0.15, 0.2) is 5.82 Å². The van der Waals surface area contributed by atoms with Crippen LogP contribution in [0, 0.1) is 24.0 Å². The fourth-order valence-electron chi connectivity index (χ4n) is 11.9. The van der Waals surface area contributed by atoms with E-state index in [1.165, 1.54) is 23.1 Å². The average Bonchev–Trinajstić information content (AvgIpc) is 4.23. The van der Waals surface area contributed by atoms with Crippen molar-refractivity contribution in [3.05, 3.63) is 88.7 Å². The van der Waals surface area contributed by atoms with Crippen molar-refractivity contribution in [3.63, 3.8) is 0 Å². The van der Waals surface area contributed by atoms with Gasteiger partial charge in [-0.1, -0.05) is 58.0 Å². The van der Waals surface area contributed by atoms with Crippen LogP contribution in [0.4, 0.5) is 14.6 Å². The number of aromatic nitrogens is 4. The molecule has 0 aliphatic carbocycles. The van der Waals surface area contributed by atoms with Crippen LogP contribution in [0.1, 0.15) is 95.9 Å². The van der Waals surface area contributed by atoms with Gasteiger partial charge < -0.3 is 45.6 Å². The number of nitrogens with one attached hydrogen (secondary N) is 3. The largest absolute Gasteiger partial charge is 0.508 e. The zero-order valence-electron chi connectivity index (χ0n) is 46.8. The molecule has 3 aromatic heterocycles. The van der Waals surface area contributed by atoms with Crippen LogP contribution >= 0.6 is 11.3 Å². The number of piperazine rings is 2. The number of rotatable bonds is 19. The van der Waals surface area contributed by atoms with Crippen molar-refractivity contribution in [1.82, 2.24) is 50.6 Å². The molecular weight excluding hydrogens is 1060 g/mol. The van der Waals surface area contributed by atoms with Crippen molar-refractivity contribution in [2.75, 3.05) is 63.9 Å². The third kappa shape index (κ3) is 12.9. The first-order chi connectivity index (χ1) is 38.9. The first-order valence-corrected chi connectivity index (χ1v) is 29.3. The standard InChI is InChI=1S/C60H73F2N11O7S/c1-6-43-46(61)19-16-38-26-41(74)27-44(50(38)43)52-51(62)53-45(30-63-52)56(72-31-39-17-18-40(32-72)66-39)69-59(68-53)80-25-9-20-70-21-23-71(24-22-70)49(77)11-8-7-10-48(76)67-55(60(3,4)5)58(79)73-33-42(75)28-47(73)57(78)64-29-36-12-14-37(15-13-36)54-35(2)65-34-81-54/h12-16,19,26-27,30,34,39-40,42,47,55,66,74-75H,6-11,17-18,20-25,28-29,31-33H2,1-5H3,(H,64,78)(H,67,76)/t39?,40?,42-,47+,55?/m1/s1. The number of carbonyl (C=O) groups is 4. The third-order valence-corrected chi connectivity index (χ3v) is 17.2. The molecule has 2 bridgehead atoms. The van der Waals surface area contributed by atoms with E-state index in [9.17, 15) is 29.4 Å². The minimum atomic E-state index is -0.949. The number of anilines is 1. The monoisotopic (exact) mass is 1130 g/mol. The Morgan fingerprint density at radius 2 is 1.67 bits per heavy atom. The smallest absolute Gasteiger partial charge is 0.319 e. The van der Waals surface area contributed by atoms with E-state index in [-0.39, 0.29) is 97.3 Å². The number of likely N-dealkylation sites (tertiary alicyclic amines) is 1. The van der Waals surface area contributed by atoms with Crippen molar-refractivity contribution in [2.45, 2.75) is 129 Å². The molecular formula is C60H73F2N11O7S. The minimum Gasteiger partial charge on any atom is -0.508 e. The number of aliphatic hydroxyl groups is 1. The molecule has 0 saturated carbocycles. The summed E-state index contributed by atoms with van der Waals surface area (Å²) in [5.41, 5.74) is 4.62. The molecule has 18 nitrogen and oxygen atoms in total. The van der Waals surface area contributed by atoms with Crippen molar-refractivity contribution < 1.29 is 42.9 Å². The Morgan fingerprint density at radius 3 is 2.37 bits per heavy atom. The van der Waals surface area contributed by atoms with Gasteiger partial charge in [-0.05, 0) is 96.5 Å². The Hall–Kier alpha value is -6.94. The second-order valence-corrected chi connectivity index (χ2v) is 24.0. The summed E-state index contributed by atoms with van der Waals surface area (Å²) in [5, 5.41) is 32.3. The Kier molecular flexibility index (Phi) is 17.4. The van der Waals surface area contributed by atoms with Crippen molar-refractivity contribution in [2.24, 2.45) is 5.41 Å². The number of benzene rings is 3. The van der Waals surface area contributed by atoms with E-state index in [0.717, 1.165) is 34.5 Å². The molecule has 5 N–H and O–H groups in total. The van der Waals surface area contributed by atoms with Crippen LogP contribution in [0.5, 0.6) is 11.8 Å². The lowest BCUT2D eigenvalue weighted by Crippen LogP contribution is -2.57. The van der Waals surface area contributed by atoms with Gasteiger partial charge in [0.2, 0.25) is 23.6 Å². The van der Waals surface area contributed by atoms with E-state index in [0.29, 0.717) is 99.0 Å². The number of aromatic hydroxyl groups is 1. The molecule has 4 aliphatic rings. The van der Waals surface area contributed by atoms with Gasteiger partial charge >= 0.3 is 6.01 Å². The number of thiazole rings is 1. The quantitative estimate of drug-likeness (QED) is 0.0514. The molecule has 7 heterocycles. The van der Waals surface area contributed by atoms with Crippen LogP contribution in [-0.2, 0) is 32.1 Å². The van der Waals surface area contributed by atoms with Crippen LogP contribution < -0.4 is 25.6 Å². The molecule has 6 aromatic rings. The maximum Gasteiger partial charge on any atom is 0.319 e. The summed E-state index contributed by atoms with van der Waals surface area (Å²) >= 11 is 1.57. The lowest BCUT2D eigenvalue weighted by atomic mass is 9.85. The molecule has 4 fully saturated rings. The average molecular weight is 1130 g/mol. The van der Waals surface area contributed by atoms with Crippen LogP contribution in [-0.4, -0.2) is 158 Å². The number of phenolic OH excluding ortho intramolecular Hbond substituents is 1. The summed E-state index contributed by atoms with van der Waals surface area (Å²) in [6.07, 6.45) is 5.14. The number of unbranched alkanes of at least 4 members (excludes halogenated alkanes) is 1. The molecule has 10 rings (SSSR count). The number of aryl methyl sites for hydroxylation is 2. The number of phenols is 1. The number of pyridine rings is 1. The third-order valence-electron chi connectivity index (χ3n) is 16.3. The first-order valence-electron chi connectivity index (χ1n) is 28.4. The molecule has 21 heteroatoms. The number of β-amino-alcohol motifs (C(OH)–C–C–N with tert-alkyl or cyclic N) is 1. The van der Waals surface area contributed by atoms with Crippen LogP contribution in [0.25, 0.3) is 43.4 Å². The summed E-state index contributed by atoms with van der Waals surface area (Å²) in [4.78, 5) is 81.5. The van der Waals surface area contributed by atoms with E-state index in [4.69, 9.17) is 9.72 Å². The number of hydrogen-bond acceptors (Lipinski definition) is 15. The van der Waals surface area contributed by atoms with Gasteiger partial charge in [0.1, 0.15) is 40.7 Å². The second kappa shape index (κ2) is 24.6. The van der Waals surface area contributed by atoms with Crippen molar-refractivity contribution >= 4 is 62.5 Å². The fourth-order valence-corrected chi connectivity index (χ4v) is 12.7. The van der Waals surface area contributed by atoms with Gasteiger partial charge in [0, 0.05) is 102 Å². The predicted octanol–water partition coefficient (Wildman–Crippen LogP) is 7.05. The maximum absolute atomic E-state index is 17.1. The lowest BCUT2D eigenvalue weighted by molar-refractivity contribution is -0.144. The molecule has 3 aromatic carbocycles. The molecule has 430 valence electrons. The highest BCUT2D eigenvalue weighted by molar-refractivity contribution is 7.13. The molecule has 81 heavy (non-hydrogen) atoms. The van der Waals surface area contributed by atoms with Crippen molar-refractivity contribution in [1.29, 1.82) is 0 Å². The van der Waals surface area contributed by atoms with Crippen LogP contribution in [0.15, 0.2) is 60.2 Å². The fraction of sp³-hybridized carbons (Fsp3) is 0.500. The summed E-state index contributed by atoms with van der Waals surface area (Å²) in [6, 6.07) is 12.5. The first kappa shape index (κ1) is 57.3. The number of amides is 4. The molecule has 4 amide bonds. The highest BCUT2D eigenvalue weighted by Gasteiger charge is 2.44. The Bertz CT molecular complexity index is 3280. The highest BCUT2D eigenvalue weighted by atomic mass is 32.1. The van der Waals surface area contributed by atoms with Gasteiger partial charge in [0.05, 0.1) is 34.2 Å².